The lowest BCUT2D eigenvalue weighted by atomic mass is 9.84. The minimum Gasteiger partial charge on any atom is -0.357 e. The Morgan fingerprint density at radius 1 is 0.755 bits per heavy atom. The van der Waals surface area contributed by atoms with E-state index in [9.17, 15) is 33.3 Å². The molecule has 0 saturated carbocycles. The van der Waals surface area contributed by atoms with Gasteiger partial charge in [0, 0.05) is 30.1 Å². The molecule has 0 saturated heterocycles. The van der Waals surface area contributed by atoms with Crippen molar-refractivity contribution in [1.29, 1.82) is 0 Å². The molecular formula is C40H48N4O8P+. The minimum atomic E-state index is -2.64. The predicted molar refractivity (Wildman–Crippen MR) is 200 cm³/mol. The van der Waals surface area contributed by atoms with Crippen molar-refractivity contribution in [3.8, 4) is 0 Å². The molecule has 4 atom stereocenters. The third-order valence-electron chi connectivity index (χ3n) is 9.89. The number of nitrogens with one attached hydrogen (secondary N) is 2. The van der Waals surface area contributed by atoms with Gasteiger partial charge in [-0.2, -0.15) is 0 Å². The van der Waals surface area contributed by atoms with Gasteiger partial charge in [0.15, 0.2) is 12.4 Å². The molecule has 3 aromatic rings. The summed E-state index contributed by atoms with van der Waals surface area (Å²) in [6, 6.07) is 16.2. The SMILES string of the molecule is CNC(=O)[C@@H](NC(=O)C(CC(C)C)C(CCCCCN1C(=O)c2ccccc2C1=O)[P+](=O)OCN1C(=O)c2cccc3cccc(c23)C1=O)C(C)(C)C. The Bertz CT molecular complexity index is 1870. The lowest BCUT2D eigenvalue weighted by Crippen LogP contribution is -2.55. The molecule has 3 aromatic carbocycles. The first-order valence-electron chi connectivity index (χ1n) is 18.1. The smallest absolute Gasteiger partial charge is 0.357 e. The van der Waals surface area contributed by atoms with Gasteiger partial charge in [0.25, 0.3) is 23.6 Å². The Hall–Kier alpha value is -4.80. The summed E-state index contributed by atoms with van der Waals surface area (Å²) in [5.41, 5.74) is -0.0420. The number of benzene rings is 3. The summed E-state index contributed by atoms with van der Waals surface area (Å²) in [6.07, 6.45) is 2.12. The van der Waals surface area contributed by atoms with Crippen molar-refractivity contribution in [3.05, 3.63) is 82.9 Å². The number of amides is 6. The number of carbonyl (C=O) groups excluding carboxylic acids is 6. The summed E-state index contributed by atoms with van der Waals surface area (Å²) in [6.45, 7) is 9.03. The molecule has 0 bridgehead atoms. The third-order valence-corrected chi connectivity index (χ3v) is 11.4. The van der Waals surface area contributed by atoms with E-state index in [0.29, 0.717) is 53.3 Å². The average Bonchev–Trinajstić information content (AvgIpc) is 3.37. The molecule has 2 heterocycles. The van der Waals surface area contributed by atoms with Crippen molar-refractivity contribution in [3.63, 3.8) is 0 Å². The van der Waals surface area contributed by atoms with Crippen LogP contribution in [0.15, 0.2) is 60.7 Å². The Kier molecular flexibility index (Phi) is 12.2. The maximum Gasteiger partial charge on any atom is 0.513 e. The number of nitrogens with zero attached hydrogens (tertiary/aromatic N) is 2. The van der Waals surface area contributed by atoms with Gasteiger partial charge in [-0.05, 0) is 71.2 Å². The highest BCUT2D eigenvalue weighted by Crippen LogP contribution is 2.42. The number of carbonyl (C=O) groups is 6. The molecule has 13 heteroatoms. The van der Waals surface area contributed by atoms with Crippen LogP contribution in [0.2, 0.25) is 0 Å². The van der Waals surface area contributed by atoms with E-state index < -0.39 is 55.5 Å². The second-order valence-electron chi connectivity index (χ2n) is 15.2. The van der Waals surface area contributed by atoms with Gasteiger partial charge in [0.1, 0.15) is 6.04 Å². The van der Waals surface area contributed by atoms with Gasteiger partial charge in [0.2, 0.25) is 11.8 Å². The highest BCUT2D eigenvalue weighted by molar-refractivity contribution is 7.40. The fourth-order valence-corrected chi connectivity index (χ4v) is 8.48. The molecular weight excluding hydrogens is 695 g/mol. The fraction of sp³-hybridized carbons (Fsp3) is 0.450. The maximum atomic E-state index is 14.2. The van der Waals surface area contributed by atoms with Crippen LogP contribution in [0.25, 0.3) is 10.8 Å². The third kappa shape index (κ3) is 8.39. The van der Waals surface area contributed by atoms with Crippen molar-refractivity contribution in [2.75, 3.05) is 20.3 Å². The van der Waals surface area contributed by atoms with E-state index in [0.717, 1.165) is 10.3 Å². The lowest BCUT2D eigenvalue weighted by Gasteiger charge is -2.32. The van der Waals surface area contributed by atoms with E-state index in [-0.39, 0.29) is 36.6 Å². The van der Waals surface area contributed by atoms with Gasteiger partial charge in [-0.3, -0.25) is 33.7 Å². The van der Waals surface area contributed by atoms with Crippen molar-refractivity contribution in [2.24, 2.45) is 17.3 Å². The molecule has 0 aromatic heterocycles. The lowest BCUT2D eigenvalue weighted by molar-refractivity contribution is -0.133. The van der Waals surface area contributed by atoms with Crippen molar-refractivity contribution in [2.45, 2.75) is 78.4 Å². The second kappa shape index (κ2) is 16.5. The highest BCUT2D eigenvalue weighted by Gasteiger charge is 2.47. The van der Waals surface area contributed by atoms with E-state index in [1.54, 1.807) is 48.5 Å². The Morgan fingerprint density at radius 2 is 1.30 bits per heavy atom. The monoisotopic (exact) mass is 743 g/mol. The first kappa shape index (κ1) is 39.4. The summed E-state index contributed by atoms with van der Waals surface area (Å²) in [5.74, 6) is -3.46. The molecule has 0 fully saturated rings. The zero-order valence-electron chi connectivity index (χ0n) is 31.1. The van der Waals surface area contributed by atoms with Gasteiger partial charge < -0.3 is 10.6 Å². The van der Waals surface area contributed by atoms with Crippen LogP contribution in [0.3, 0.4) is 0 Å². The summed E-state index contributed by atoms with van der Waals surface area (Å²) in [7, 11) is -1.15. The molecule has 2 aliphatic rings. The van der Waals surface area contributed by atoms with Gasteiger partial charge in [-0.25, -0.2) is 4.90 Å². The van der Waals surface area contributed by atoms with E-state index in [1.165, 1.54) is 11.9 Å². The van der Waals surface area contributed by atoms with Gasteiger partial charge in [-0.15, -0.1) is 4.52 Å². The average molecular weight is 744 g/mol. The summed E-state index contributed by atoms with van der Waals surface area (Å²) < 4.78 is 20.1. The zero-order chi connectivity index (χ0) is 38.6. The quantitative estimate of drug-likeness (QED) is 0.0981. The summed E-state index contributed by atoms with van der Waals surface area (Å²) >= 11 is 0. The van der Waals surface area contributed by atoms with Crippen molar-refractivity contribution >= 4 is 54.2 Å². The number of likely N-dealkylation sites (N-methyl/N-ethyl adjacent to an activating group) is 1. The van der Waals surface area contributed by atoms with E-state index in [4.69, 9.17) is 4.52 Å². The molecule has 3 unspecified atom stereocenters. The van der Waals surface area contributed by atoms with Crippen LogP contribution in [0.4, 0.5) is 0 Å². The van der Waals surface area contributed by atoms with Crippen molar-refractivity contribution < 1.29 is 37.9 Å². The standard InChI is InChI=1S/C40H47N4O8P/c1-24(2)22-30(34(45)42-33(35(46)41-6)40(3,4)5)31(20-8-7-11-21-43-36(47)26-16-9-10-17-27(26)37(43)48)53(51)52-23-44-38(49)28-18-12-14-25-15-13-19-29(32(25)28)39(44)50/h9-10,12-19,24,30-31,33H,7-8,11,20-23H2,1-6H3,(H-,41,42,45,46)/p+1/t30?,31?,33-/m1/s1. The molecule has 0 aliphatic carbocycles. The molecule has 2 aliphatic heterocycles. The van der Waals surface area contributed by atoms with Gasteiger partial charge in [0.05, 0.1) is 17.0 Å². The fourth-order valence-electron chi connectivity index (χ4n) is 7.12. The topological polar surface area (TPSA) is 159 Å². The highest BCUT2D eigenvalue weighted by atomic mass is 31.1. The molecule has 6 amide bonds. The summed E-state index contributed by atoms with van der Waals surface area (Å²) in [5, 5.41) is 6.84. The van der Waals surface area contributed by atoms with Crippen LogP contribution in [-0.2, 0) is 18.7 Å². The van der Waals surface area contributed by atoms with E-state index >= 15 is 0 Å². The van der Waals surface area contributed by atoms with Crippen LogP contribution < -0.4 is 10.6 Å². The molecule has 2 N–H and O–H groups in total. The predicted octanol–water partition coefficient (Wildman–Crippen LogP) is 6.32. The number of unbranched alkanes of at least 4 members (excludes halogenated alkanes) is 2. The van der Waals surface area contributed by atoms with Crippen LogP contribution >= 0.6 is 8.03 Å². The second-order valence-corrected chi connectivity index (χ2v) is 16.7. The molecule has 0 radical (unpaired) electrons. The summed E-state index contributed by atoms with van der Waals surface area (Å²) in [4.78, 5) is 82.0. The number of hydrogen-bond acceptors (Lipinski definition) is 8. The van der Waals surface area contributed by atoms with E-state index in [1.807, 2.05) is 46.8 Å². The number of rotatable bonds is 16. The molecule has 5 rings (SSSR count). The van der Waals surface area contributed by atoms with E-state index in [2.05, 4.69) is 10.6 Å². The largest absolute Gasteiger partial charge is 0.513 e. The van der Waals surface area contributed by atoms with Gasteiger partial charge in [-0.1, -0.05) is 77.4 Å². The molecule has 0 spiro atoms. The number of imide groups is 2. The number of fused-ring (bicyclic) bond motifs is 1. The Morgan fingerprint density at radius 3 is 1.83 bits per heavy atom. The van der Waals surface area contributed by atoms with Crippen LogP contribution in [-0.4, -0.2) is 77.3 Å². The van der Waals surface area contributed by atoms with Crippen LogP contribution in [0.5, 0.6) is 0 Å². The molecule has 53 heavy (non-hydrogen) atoms. The molecule has 280 valence electrons. The zero-order valence-corrected chi connectivity index (χ0v) is 32.0. The molecule has 12 nitrogen and oxygen atoms in total. The first-order chi connectivity index (χ1) is 25.1. The normalized spacial score (nSPS) is 16.2. The first-order valence-corrected chi connectivity index (χ1v) is 19.3. The van der Waals surface area contributed by atoms with Gasteiger partial charge >= 0.3 is 8.03 Å². The van der Waals surface area contributed by atoms with Crippen LogP contribution in [0, 0.1) is 17.3 Å². The Labute approximate surface area is 310 Å². The number of hydrogen-bond donors (Lipinski definition) is 2. The minimum absolute atomic E-state index is 0.000744. The van der Waals surface area contributed by atoms with Crippen LogP contribution in [0.1, 0.15) is 108 Å². The Balaban J connectivity index is 1.33. The van der Waals surface area contributed by atoms with Crippen molar-refractivity contribution in [1.82, 2.24) is 20.4 Å². The maximum absolute atomic E-state index is 14.2.